The Labute approximate surface area is 138 Å². The second-order valence-corrected chi connectivity index (χ2v) is 5.98. The number of amides is 4. The lowest BCUT2D eigenvalue weighted by atomic mass is 9.97. The molecular weight excluding hydrogens is 320 g/mol. The van der Waals surface area contributed by atoms with Crippen molar-refractivity contribution in [3.05, 3.63) is 30.1 Å². The summed E-state index contributed by atoms with van der Waals surface area (Å²) in [4.78, 5) is 43.3. The third-order valence-corrected chi connectivity index (χ3v) is 4.39. The van der Waals surface area contributed by atoms with Crippen LogP contribution in [0.5, 0.6) is 0 Å². The van der Waals surface area contributed by atoms with Crippen LogP contribution < -0.4 is 5.32 Å². The van der Waals surface area contributed by atoms with E-state index in [1.165, 1.54) is 4.90 Å². The van der Waals surface area contributed by atoms with Gasteiger partial charge in [0.05, 0.1) is 0 Å². The fraction of sp³-hybridized carbons (Fsp3) is 0.467. The number of nitrogens with zero attached hydrogens (tertiary/aromatic N) is 3. The maximum Gasteiger partial charge on any atom is 0.327 e. The van der Waals surface area contributed by atoms with Crippen LogP contribution in [0.15, 0.2) is 24.5 Å². The molecule has 3 rings (SSSR count). The quantitative estimate of drug-likeness (QED) is 0.652. The zero-order valence-corrected chi connectivity index (χ0v) is 13.2. The highest BCUT2D eigenvalue weighted by molar-refractivity contribution is 6.18. The van der Waals surface area contributed by atoms with Gasteiger partial charge in [0.1, 0.15) is 6.04 Å². The maximum absolute atomic E-state index is 12.3. The molecule has 0 bridgehead atoms. The normalized spacial score (nSPS) is 23.9. The highest BCUT2D eigenvalue weighted by Crippen LogP contribution is 2.27. The number of carbonyl (C=O) groups is 3. The summed E-state index contributed by atoms with van der Waals surface area (Å²) in [6.45, 7) is 0.676. The first-order chi connectivity index (χ1) is 11.1. The minimum absolute atomic E-state index is 0.135. The number of imide groups is 1. The van der Waals surface area contributed by atoms with E-state index in [2.05, 4.69) is 10.3 Å². The predicted octanol–water partition coefficient (Wildman–Crippen LogP) is 0.845. The topological polar surface area (TPSA) is 82.6 Å². The fourth-order valence-electron chi connectivity index (χ4n) is 3.05. The number of alkyl halides is 1. The zero-order chi connectivity index (χ0) is 16.4. The molecule has 1 aromatic rings. The molecule has 2 fully saturated rings. The molecular formula is C15H17ClN4O3. The van der Waals surface area contributed by atoms with E-state index in [9.17, 15) is 14.4 Å². The average Bonchev–Trinajstić information content (AvgIpc) is 2.81. The molecule has 0 aromatic carbocycles. The summed E-state index contributed by atoms with van der Waals surface area (Å²) >= 11 is 5.65. The highest BCUT2D eigenvalue weighted by Gasteiger charge is 2.47. The standard InChI is InChI=1S/C15H17ClN4O3/c16-4-8-20-14(22)12-9-11(3-7-19(12)15(20)23)18-13(21)10-1-5-17-6-2-10/h1-2,5-6,11-12H,3-4,7-9H2,(H,18,21)/t11-,12+/m1/s1. The number of carbonyl (C=O) groups excluding carboxylic acids is 3. The Bertz CT molecular complexity index is 624. The molecule has 0 radical (unpaired) electrons. The summed E-state index contributed by atoms with van der Waals surface area (Å²) in [5, 5.41) is 2.93. The second-order valence-electron chi connectivity index (χ2n) is 5.60. The van der Waals surface area contributed by atoms with Crippen LogP contribution in [0.1, 0.15) is 23.2 Å². The molecule has 1 aromatic heterocycles. The minimum Gasteiger partial charge on any atom is -0.349 e. The highest BCUT2D eigenvalue weighted by atomic mass is 35.5. The largest absolute Gasteiger partial charge is 0.349 e. The molecule has 0 unspecified atom stereocenters. The van der Waals surface area contributed by atoms with Crippen LogP contribution in [0.3, 0.4) is 0 Å². The molecule has 0 aliphatic carbocycles. The van der Waals surface area contributed by atoms with Gasteiger partial charge in [-0.15, -0.1) is 11.6 Å². The first-order valence-electron chi connectivity index (χ1n) is 7.50. The first kappa shape index (κ1) is 15.7. The van der Waals surface area contributed by atoms with E-state index in [1.54, 1.807) is 29.4 Å². The molecule has 2 aliphatic rings. The monoisotopic (exact) mass is 336 g/mol. The molecule has 0 spiro atoms. The SMILES string of the molecule is O=C(N[C@@H]1CCN2C(=O)N(CCCl)C(=O)[C@@H]2C1)c1ccncc1. The number of nitrogens with one attached hydrogen (secondary N) is 1. The van der Waals surface area contributed by atoms with Gasteiger partial charge in [0, 0.05) is 43.0 Å². The van der Waals surface area contributed by atoms with E-state index in [0.29, 0.717) is 24.9 Å². The number of aromatic nitrogens is 1. The van der Waals surface area contributed by atoms with Crippen LogP contribution in [0.2, 0.25) is 0 Å². The van der Waals surface area contributed by atoms with E-state index >= 15 is 0 Å². The minimum atomic E-state index is -0.498. The van der Waals surface area contributed by atoms with Crippen molar-refractivity contribution in [2.75, 3.05) is 19.0 Å². The summed E-state index contributed by atoms with van der Waals surface area (Å²) in [5.41, 5.74) is 0.528. The Morgan fingerprint density at radius 1 is 1.35 bits per heavy atom. The summed E-state index contributed by atoms with van der Waals surface area (Å²) in [6, 6.07) is 2.36. The van der Waals surface area contributed by atoms with Crippen molar-refractivity contribution < 1.29 is 14.4 Å². The van der Waals surface area contributed by atoms with Gasteiger partial charge in [-0.25, -0.2) is 4.79 Å². The predicted molar refractivity (Wildman–Crippen MR) is 83.0 cm³/mol. The molecule has 2 aliphatic heterocycles. The van der Waals surface area contributed by atoms with Crippen molar-refractivity contribution in [2.45, 2.75) is 24.9 Å². The Balaban J connectivity index is 1.65. The fourth-order valence-corrected chi connectivity index (χ4v) is 3.22. The third-order valence-electron chi connectivity index (χ3n) is 4.22. The van der Waals surface area contributed by atoms with Crippen molar-refractivity contribution in [3.8, 4) is 0 Å². The number of pyridine rings is 1. The second kappa shape index (κ2) is 6.54. The maximum atomic E-state index is 12.3. The van der Waals surface area contributed by atoms with Crippen LogP contribution in [0, 0.1) is 0 Å². The third kappa shape index (κ3) is 3.01. The number of urea groups is 1. The van der Waals surface area contributed by atoms with Crippen LogP contribution >= 0.6 is 11.6 Å². The zero-order valence-electron chi connectivity index (χ0n) is 12.4. The molecule has 2 saturated heterocycles. The number of halogens is 1. The Morgan fingerprint density at radius 3 is 2.78 bits per heavy atom. The van der Waals surface area contributed by atoms with E-state index < -0.39 is 6.04 Å². The number of piperidine rings is 1. The summed E-state index contributed by atoms with van der Waals surface area (Å²) in [7, 11) is 0. The van der Waals surface area contributed by atoms with Crippen molar-refractivity contribution in [3.63, 3.8) is 0 Å². The lowest BCUT2D eigenvalue weighted by Crippen LogP contribution is -2.49. The van der Waals surface area contributed by atoms with Gasteiger partial charge < -0.3 is 10.2 Å². The molecule has 1 N–H and O–H groups in total. The van der Waals surface area contributed by atoms with Crippen molar-refractivity contribution >= 4 is 29.4 Å². The van der Waals surface area contributed by atoms with Gasteiger partial charge in [-0.3, -0.25) is 19.5 Å². The molecule has 3 heterocycles. The van der Waals surface area contributed by atoms with Gasteiger partial charge in [0.25, 0.3) is 11.8 Å². The smallest absolute Gasteiger partial charge is 0.327 e. The van der Waals surface area contributed by atoms with Crippen LogP contribution in [0.4, 0.5) is 4.79 Å². The van der Waals surface area contributed by atoms with Crippen LogP contribution in [-0.4, -0.2) is 63.7 Å². The molecule has 0 saturated carbocycles. The van der Waals surface area contributed by atoms with Gasteiger partial charge in [0.2, 0.25) is 0 Å². The van der Waals surface area contributed by atoms with E-state index in [1.807, 2.05) is 0 Å². The van der Waals surface area contributed by atoms with Crippen LogP contribution in [0.25, 0.3) is 0 Å². The van der Waals surface area contributed by atoms with Gasteiger partial charge >= 0.3 is 6.03 Å². The molecule has 4 amide bonds. The van der Waals surface area contributed by atoms with Crippen LogP contribution in [-0.2, 0) is 4.79 Å². The lowest BCUT2D eigenvalue weighted by molar-refractivity contribution is -0.128. The molecule has 8 heteroatoms. The van der Waals surface area contributed by atoms with Gasteiger partial charge in [-0.2, -0.15) is 0 Å². The summed E-state index contributed by atoms with van der Waals surface area (Å²) in [6.07, 6.45) is 4.17. The summed E-state index contributed by atoms with van der Waals surface area (Å²) in [5.74, 6) is -0.195. The van der Waals surface area contributed by atoms with E-state index in [4.69, 9.17) is 11.6 Å². The Kier molecular flexibility index (Phi) is 4.47. The summed E-state index contributed by atoms with van der Waals surface area (Å²) < 4.78 is 0. The van der Waals surface area contributed by atoms with Crippen molar-refractivity contribution in [2.24, 2.45) is 0 Å². The first-order valence-corrected chi connectivity index (χ1v) is 8.04. The number of fused-ring (bicyclic) bond motifs is 1. The number of rotatable bonds is 4. The van der Waals surface area contributed by atoms with E-state index in [-0.39, 0.29) is 36.3 Å². The van der Waals surface area contributed by atoms with Gasteiger partial charge in [0.15, 0.2) is 0 Å². The Morgan fingerprint density at radius 2 is 2.09 bits per heavy atom. The van der Waals surface area contributed by atoms with Crippen molar-refractivity contribution in [1.82, 2.24) is 20.1 Å². The molecule has 7 nitrogen and oxygen atoms in total. The van der Waals surface area contributed by atoms with E-state index in [0.717, 1.165) is 0 Å². The number of hydrogen-bond donors (Lipinski definition) is 1. The lowest BCUT2D eigenvalue weighted by Gasteiger charge is -2.32. The van der Waals surface area contributed by atoms with Gasteiger partial charge in [-0.05, 0) is 25.0 Å². The molecule has 122 valence electrons. The molecule has 2 atom stereocenters. The number of hydrogen-bond acceptors (Lipinski definition) is 4. The van der Waals surface area contributed by atoms with Crippen molar-refractivity contribution in [1.29, 1.82) is 0 Å². The molecule has 23 heavy (non-hydrogen) atoms. The average molecular weight is 337 g/mol. The Hall–Kier alpha value is -2.15. The van der Waals surface area contributed by atoms with Gasteiger partial charge in [-0.1, -0.05) is 0 Å².